The Hall–Kier alpha value is -3.43. The molecule has 0 radical (unpaired) electrons. The van der Waals surface area contributed by atoms with Gasteiger partial charge in [0.15, 0.2) is 5.65 Å². The molecule has 9 nitrogen and oxygen atoms in total. The van der Waals surface area contributed by atoms with Gasteiger partial charge in [0.25, 0.3) is 0 Å². The second kappa shape index (κ2) is 10.2. The molecule has 3 aromatic rings. The number of allylic oxidation sites excluding steroid dienone is 1. The van der Waals surface area contributed by atoms with Gasteiger partial charge in [-0.05, 0) is 30.7 Å². The molecule has 1 unspecified atom stereocenters. The Morgan fingerprint density at radius 1 is 1.35 bits per heavy atom. The quantitative estimate of drug-likeness (QED) is 0.504. The molecule has 1 aliphatic heterocycles. The lowest BCUT2D eigenvalue weighted by atomic mass is 10.2. The van der Waals surface area contributed by atoms with Crippen LogP contribution in [0.3, 0.4) is 0 Å². The van der Waals surface area contributed by atoms with E-state index in [1.165, 1.54) is 13.3 Å². The summed E-state index contributed by atoms with van der Waals surface area (Å²) in [5, 5.41) is 3.66. The number of amides is 1. The van der Waals surface area contributed by atoms with Crippen molar-refractivity contribution in [3.8, 4) is 5.75 Å². The number of nitrogens with two attached hydrogens (primary N) is 1. The van der Waals surface area contributed by atoms with Crippen LogP contribution in [0.2, 0.25) is 10.0 Å². The van der Waals surface area contributed by atoms with Gasteiger partial charge in [0.2, 0.25) is 5.91 Å². The number of rotatable bonds is 6. The first kappa shape index (κ1) is 23.7. The highest BCUT2D eigenvalue weighted by Gasteiger charge is 2.22. The number of nitrogens with one attached hydrogen (secondary N) is 1. The largest absolute Gasteiger partial charge is 0.495 e. The number of pyridine rings is 1. The molecule has 0 bridgehead atoms. The summed E-state index contributed by atoms with van der Waals surface area (Å²) in [4.78, 5) is 30.0. The number of methoxy groups -OCH3 is 1. The van der Waals surface area contributed by atoms with Gasteiger partial charge in [0.05, 0.1) is 24.0 Å². The molecule has 1 aromatic carbocycles. The molecule has 4 rings (SSSR count). The number of benzene rings is 1. The van der Waals surface area contributed by atoms with Gasteiger partial charge in [-0.2, -0.15) is 0 Å². The van der Waals surface area contributed by atoms with E-state index < -0.39 is 0 Å². The van der Waals surface area contributed by atoms with E-state index in [-0.39, 0.29) is 11.9 Å². The summed E-state index contributed by atoms with van der Waals surface area (Å²) >= 11 is 12.9. The third-order valence-corrected chi connectivity index (χ3v) is 6.08. The molecule has 3 N–H and O–H groups in total. The van der Waals surface area contributed by atoms with Crippen molar-refractivity contribution in [2.75, 3.05) is 14.2 Å². The third-order valence-electron chi connectivity index (χ3n) is 5.41. The van der Waals surface area contributed by atoms with Crippen LogP contribution in [0.5, 0.6) is 5.75 Å². The molecular formula is C23H23Cl2N7O2. The minimum atomic E-state index is -0.0829. The van der Waals surface area contributed by atoms with Crippen LogP contribution in [0.15, 0.2) is 46.6 Å². The predicted molar refractivity (Wildman–Crippen MR) is 134 cm³/mol. The zero-order valence-electron chi connectivity index (χ0n) is 18.6. The first-order chi connectivity index (χ1) is 16.4. The van der Waals surface area contributed by atoms with Crippen LogP contribution in [0.4, 0.5) is 5.69 Å². The Kier molecular flexibility index (Phi) is 7.14. The highest BCUT2D eigenvalue weighted by molar-refractivity contribution is 6.39. The summed E-state index contributed by atoms with van der Waals surface area (Å²) in [6, 6.07) is 6.90. The molecule has 2 aromatic heterocycles. The SMILES string of the molecule is CN=C/C(=C\N)c1cnc2ccc(=Nc3c(Cl)ccc(OC)c3Cl)n(CC3CCC(=O)N3)c2n1. The minimum Gasteiger partial charge on any atom is -0.495 e. The second-order valence-electron chi connectivity index (χ2n) is 7.60. The molecule has 1 amide bonds. The molecule has 34 heavy (non-hydrogen) atoms. The third kappa shape index (κ3) is 4.76. The maximum Gasteiger partial charge on any atom is 0.220 e. The average Bonchev–Trinajstić information content (AvgIpc) is 3.25. The Bertz CT molecular complexity index is 1380. The zero-order valence-corrected chi connectivity index (χ0v) is 20.1. The molecule has 176 valence electrons. The van der Waals surface area contributed by atoms with Crippen molar-refractivity contribution >= 4 is 57.7 Å². The first-order valence-corrected chi connectivity index (χ1v) is 11.3. The van der Waals surface area contributed by atoms with Gasteiger partial charge >= 0.3 is 0 Å². The van der Waals surface area contributed by atoms with Gasteiger partial charge < -0.3 is 20.4 Å². The highest BCUT2D eigenvalue weighted by atomic mass is 35.5. The Balaban J connectivity index is 1.97. The van der Waals surface area contributed by atoms with Crippen molar-refractivity contribution in [3.05, 3.63) is 57.9 Å². The topological polar surface area (TPSA) is 120 Å². The number of aromatic nitrogens is 3. The van der Waals surface area contributed by atoms with E-state index in [0.717, 1.165) is 0 Å². The maximum atomic E-state index is 11.8. The van der Waals surface area contributed by atoms with Crippen LogP contribution in [0.25, 0.3) is 16.7 Å². The van der Waals surface area contributed by atoms with Crippen LogP contribution in [0.1, 0.15) is 18.5 Å². The standard InChI is InChI=1S/C23H23Cl2N7O2/c1-27-10-13(9-26)17-11-28-16-5-7-19(31-22-15(24)4-6-18(34-2)21(22)25)32(23(16)30-17)12-14-3-8-20(33)29-14/h4-7,9-11,14H,3,8,12,26H2,1-2H3,(H,29,33)/b13-9+,27-10?,31-19?. The average molecular weight is 500 g/mol. The summed E-state index contributed by atoms with van der Waals surface area (Å²) in [5.41, 5.74) is 9.09. The normalized spacial score (nSPS) is 17.1. The van der Waals surface area contributed by atoms with Crippen molar-refractivity contribution in [1.29, 1.82) is 0 Å². The van der Waals surface area contributed by atoms with Gasteiger partial charge in [-0.15, -0.1) is 0 Å². The molecule has 1 atom stereocenters. The highest BCUT2D eigenvalue weighted by Crippen LogP contribution is 2.39. The number of carbonyl (C=O) groups excluding carboxylic acids is 1. The van der Waals surface area contributed by atoms with Gasteiger partial charge in [-0.1, -0.05) is 23.2 Å². The fraction of sp³-hybridized carbons (Fsp3) is 0.261. The predicted octanol–water partition coefficient (Wildman–Crippen LogP) is 3.26. The lowest BCUT2D eigenvalue weighted by Crippen LogP contribution is -2.34. The maximum absolute atomic E-state index is 11.8. The van der Waals surface area contributed by atoms with E-state index >= 15 is 0 Å². The first-order valence-electron chi connectivity index (χ1n) is 10.5. The van der Waals surface area contributed by atoms with E-state index in [4.69, 9.17) is 43.6 Å². The zero-order chi connectivity index (χ0) is 24.2. The molecule has 0 spiro atoms. The van der Waals surface area contributed by atoms with E-state index in [1.807, 2.05) is 16.7 Å². The Morgan fingerprint density at radius 3 is 2.85 bits per heavy atom. The summed E-state index contributed by atoms with van der Waals surface area (Å²) in [6.07, 6.45) is 5.85. The Morgan fingerprint density at radius 2 is 2.18 bits per heavy atom. The number of fused-ring (bicyclic) bond motifs is 1. The molecular weight excluding hydrogens is 477 g/mol. The smallest absolute Gasteiger partial charge is 0.220 e. The number of aliphatic imine (C=N–C) groups is 1. The fourth-order valence-corrected chi connectivity index (χ4v) is 4.27. The number of hydrogen-bond acceptors (Lipinski definition) is 7. The summed E-state index contributed by atoms with van der Waals surface area (Å²) in [7, 11) is 3.18. The van der Waals surface area contributed by atoms with Gasteiger partial charge in [0, 0.05) is 44.0 Å². The molecule has 3 heterocycles. The van der Waals surface area contributed by atoms with Crippen LogP contribution in [-0.2, 0) is 11.3 Å². The van der Waals surface area contributed by atoms with Crippen LogP contribution < -0.4 is 21.3 Å². The van der Waals surface area contributed by atoms with Crippen molar-refractivity contribution in [2.24, 2.45) is 15.7 Å². The molecule has 1 fully saturated rings. The number of nitrogens with zero attached hydrogens (tertiary/aromatic N) is 5. The summed E-state index contributed by atoms with van der Waals surface area (Å²) < 4.78 is 7.21. The lowest BCUT2D eigenvalue weighted by molar-refractivity contribution is -0.119. The number of carbonyl (C=O) groups is 1. The number of hydrogen-bond donors (Lipinski definition) is 2. The van der Waals surface area contributed by atoms with Crippen molar-refractivity contribution in [2.45, 2.75) is 25.4 Å². The monoisotopic (exact) mass is 499 g/mol. The van der Waals surface area contributed by atoms with Gasteiger partial charge in [-0.3, -0.25) is 14.8 Å². The second-order valence-corrected chi connectivity index (χ2v) is 8.39. The van der Waals surface area contributed by atoms with Crippen molar-refractivity contribution in [1.82, 2.24) is 19.9 Å². The van der Waals surface area contributed by atoms with Gasteiger partial charge in [-0.25, -0.2) is 9.98 Å². The molecule has 0 aliphatic carbocycles. The number of halogens is 2. The lowest BCUT2D eigenvalue weighted by Gasteiger charge is -2.17. The minimum absolute atomic E-state index is 0.0162. The van der Waals surface area contributed by atoms with Crippen molar-refractivity contribution < 1.29 is 9.53 Å². The molecule has 1 saturated heterocycles. The molecule has 11 heteroatoms. The van der Waals surface area contributed by atoms with Crippen LogP contribution in [-0.4, -0.2) is 46.9 Å². The summed E-state index contributed by atoms with van der Waals surface area (Å²) in [6.45, 7) is 0.433. The fourth-order valence-electron chi connectivity index (χ4n) is 3.74. The van der Waals surface area contributed by atoms with Crippen molar-refractivity contribution in [3.63, 3.8) is 0 Å². The van der Waals surface area contributed by atoms with Gasteiger partial charge in [0.1, 0.15) is 27.5 Å². The van der Waals surface area contributed by atoms with E-state index in [0.29, 0.717) is 68.8 Å². The summed E-state index contributed by atoms with van der Waals surface area (Å²) in [5.74, 6) is 0.473. The van der Waals surface area contributed by atoms with E-state index in [1.54, 1.807) is 31.6 Å². The Labute approximate surface area is 206 Å². The number of ether oxygens (including phenoxy) is 1. The van der Waals surface area contributed by atoms with E-state index in [2.05, 4.69) is 15.3 Å². The molecule has 0 saturated carbocycles. The van der Waals surface area contributed by atoms with Crippen LogP contribution in [0, 0.1) is 0 Å². The molecule has 1 aliphatic rings. The van der Waals surface area contributed by atoms with Crippen LogP contribution >= 0.6 is 23.2 Å². The van der Waals surface area contributed by atoms with E-state index in [9.17, 15) is 4.79 Å².